The summed E-state index contributed by atoms with van der Waals surface area (Å²) in [5.41, 5.74) is 11.8. The third kappa shape index (κ3) is 1.78. The Kier molecular flexibility index (Phi) is 2.94. The van der Waals surface area contributed by atoms with Gasteiger partial charge in [0.1, 0.15) is 23.8 Å². The first-order valence-corrected chi connectivity index (χ1v) is 5.91. The van der Waals surface area contributed by atoms with Gasteiger partial charge in [-0.2, -0.15) is 9.97 Å². The second-order valence-corrected chi connectivity index (χ2v) is 4.52. The van der Waals surface area contributed by atoms with Crippen LogP contribution < -0.4 is 11.5 Å². The Morgan fingerprint density at radius 1 is 1.25 bits per heavy atom. The maximum absolute atomic E-state index is 9.99. The average molecular weight is 282 g/mol. The van der Waals surface area contributed by atoms with E-state index in [0.717, 1.165) is 0 Å². The summed E-state index contributed by atoms with van der Waals surface area (Å²) in [7, 11) is 0. The van der Waals surface area contributed by atoms with Crippen molar-refractivity contribution in [3.05, 3.63) is 6.33 Å². The highest BCUT2D eigenvalue weighted by Gasteiger charge is 2.44. The first-order chi connectivity index (χ1) is 9.52. The fourth-order valence-corrected chi connectivity index (χ4v) is 2.25. The van der Waals surface area contributed by atoms with Crippen LogP contribution in [0.1, 0.15) is 6.23 Å². The fraction of sp³-hybridized carbons (Fsp3) is 0.500. The highest BCUT2D eigenvalue weighted by Crippen LogP contribution is 2.31. The molecule has 0 amide bonds. The van der Waals surface area contributed by atoms with E-state index in [2.05, 4.69) is 15.0 Å². The number of nitrogens with two attached hydrogens (primary N) is 2. The topological polar surface area (TPSA) is 166 Å². The summed E-state index contributed by atoms with van der Waals surface area (Å²) in [6, 6.07) is 0. The van der Waals surface area contributed by atoms with Crippen LogP contribution >= 0.6 is 0 Å². The molecule has 0 aromatic carbocycles. The van der Waals surface area contributed by atoms with Crippen LogP contribution in [0.3, 0.4) is 0 Å². The lowest BCUT2D eigenvalue weighted by Crippen LogP contribution is -2.33. The minimum Gasteiger partial charge on any atom is -0.394 e. The van der Waals surface area contributed by atoms with Crippen molar-refractivity contribution in [2.75, 3.05) is 18.1 Å². The summed E-state index contributed by atoms with van der Waals surface area (Å²) >= 11 is 0. The van der Waals surface area contributed by atoms with Crippen molar-refractivity contribution in [2.24, 2.45) is 0 Å². The van der Waals surface area contributed by atoms with Crippen molar-refractivity contribution >= 4 is 22.9 Å². The van der Waals surface area contributed by atoms with E-state index < -0.39 is 31.1 Å². The van der Waals surface area contributed by atoms with Gasteiger partial charge in [-0.05, 0) is 0 Å². The predicted molar refractivity (Wildman–Crippen MR) is 67.2 cm³/mol. The Morgan fingerprint density at radius 3 is 2.65 bits per heavy atom. The lowest BCUT2D eigenvalue weighted by atomic mass is 10.1. The maximum atomic E-state index is 9.99. The van der Waals surface area contributed by atoms with Crippen LogP contribution in [0.5, 0.6) is 0 Å². The first kappa shape index (κ1) is 13.0. The van der Waals surface area contributed by atoms with Crippen LogP contribution in [0.15, 0.2) is 6.33 Å². The van der Waals surface area contributed by atoms with Gasteiger partial charge in [0.25, 0.3) is 0 Å². The molecule has 1 fully saturated rings. The van der Waals surface area contributed by atoms with Crippen molar-refractivity contribution in [1.29, 1.82) is 0 Å². The molecule has 108 valence electrons. The molecule has 0 bridgehead atoms. The maximum Gasteiger partial charge on any atom is 0.224 e. The van der Waals surface area contributed by atoms with Crippen molar-refractivity contribution in [1.82, 2.24) is 19.5 Å². The molecule has 2 aromatic heterocycles. The highest BCUT2D eigenvalue weighted by atomic mass is 16.6. The number of aromatic nitrogens is 4. The number of ether oxygens (including phenoxy) is 1. The molecule has 1 saturated heterocycles. The van der Waals surface area contributed by atoms with Gasteiger partial charge in [0.15, 0.2) is 17.7 Å². The molecule has 0 saturated carbocycles. The Hall–Kier alpha value is -2.01. The lowest BCUT2D eigenvalue weighted by molar-refractivity contribution is -0.0511. The van der Waals surface area contributed by atoms with Crippen molar-refractivity contribution in [2.45, 2.75) is 24.5 Å². The molecule has 20 heavy (non-hydrogen) atoms. The van der Waals surface area contributed by atoms with Gasteiger partial charge < -0.3 is 31.5 Å². The first-order valence-electron chi connectivity index (χ1n) is 5.91. The molecule has 0 aliphatic carbocycles. The smallest absolute Gasteiger partial charge is 0.224 e. The van der Waals surface area contributed by atoms with Crippen molar-refractivity contribution < 1.29 is 20.1 Å². The monoisotopic (exact) mass is 282 g/mol. The molecule has 1 aliphatic heterocycles. The van der Waals surface area contributed by atoms with Crippen LogP contribution in [0.25, 0.3) is 11.2 Å². The minimum atomic E-state index is -1.23. The number of hydrogen-bond donors (Lipinski definition) is 5. The molecular formula is C10H14N6O4. The zero-order valence-corrected chi connectivity index (χ0v) is 10.3. The molecule has 1 aliphatic rings. The molecular weight excluding hydrogens is 268 g/mol. The van der Waals surface area contributed by atoms with E-state index in [1.807, 2.05) is 0 Å². The predicted octanol–water partition coefficient (Wildman–Crippen LogP) is -2.40. The molecule has 0 spiro atoms. The minimum absolute atomic E-state index is 0.0384. The summed E-state index contributed by atoms with van der Waals surface area (Å²) in [6.07, 6.45) is -2.92. The standard InChI is InChI=1S/C10H14N6O4/c11-7-4-8(15-10(12)14-7)16(2-13-4)9-6(19)5(18)3(1-17)20-9/h2-3,5-6,9,17-19H,1H2,(H4,11,12,14,15)/t3?,5?,6?,9-/m1/s1. The van der Waals surface area contributed by atoms with E-state index in [1.54, 1.807) is 0 Å². The largest absolute Gasteiger partial charge is 0.394 e. The summed E-state index contributed by atoms with van der Waals surface area (Å²) in [5.74, 6) is 0.0708. The number of nitrogen functional groups attached to an aromatic ring is 2. The van der Waals surface area contributed by atoms with Crippen LogP contribution in [0.4, 0.5) is 11.8 Å². The number of nitrogens with zero attached hydrogens (tertiary/aromatic N) is 4. The van der Waals surface area contributed by atoms with Crippen molar-refractivity contribution in [3.8, 4) is 0 Å². The zero-order chi connectivity index (χ0) is 14.4. The van der Waals surface area contributed by atoms with Gasteiger partial charge in [0.2, 0.25) is 5.95 Å². The zero-order valence-electron chi connectivity index (χ0n) is 10.3. The van der Waals surface area contributed by atoms with Crippen LogP contribution in [-0.4, -0.2) is 59.8 Å². The Labute approximate surface area is 112 Å². The number of rotatable bonds is 2. The molecule has 3 rings (SSSR count). The molecule has 4 atom stereocenters. The normalized spacial score (nSPS) is 30.1. The van der Waals surface area contributed by atoms with Gasteiger partial charge in [-0.3, -0.25) is 4.57 Å². The Balaban J connectivity index is 2.07. The fourth-order valence-electron chi connectivity index (χ4n) is 2.25. The number of anilines is 2. The molecule has 10 nitrogen and oxygen atoms in total. The number of aliphatic hydroxyl groups excluding tert-OH is 3. The Bertz CT molecular complexity index is 646. The quantitative estimate of drug-likeness (QED) is 0.403. The summed E-state index contributed by atoms with van der Waals surface area (Å²) < 4.78 is 6.79. The van der Waals surface area contributed by atoms with Gasteiger partial charge >= 0.3 is 0 Å². The molecule has 10 heteroatoms. The van der Waals surface area contributed by atoms with Crippen LogP contribution in [0, 0.1) is 0 Å². The van der Waals surface area contributed by atoms with E-state index >= 15 is 0 Å². The third-order valence-corrected chi connectivity index (χ3v) is 3.26. The van der Waals surface area contributed by atoms with Gasteiger partial charge in [-0.15, -0.1) is 0 Å². The lowest BCUT2D eigenvalue weighted by Gasteiger charge is -2.16. The van der Waals surface area contributed by atoms with Crippen LogP contribution in [-0.2, 0) is 4.74 Å². The van der Waals surface area contributed by atoms with Gasteiger partial charge in [0, 0.05) is 0 Å². The second kappa shape index (κ2) is 4.52. The summed E-state index contributed by atoms with van der Waals surface area (Å²) in [5, 5.41) is 28.8. The number of imidazole rings is 1. The number of aliphatic hydroxyl groups is 3. The number of fused-ring (bicyclic) bond motifs is 1. The summed E-state index contributed by atoms with van der Waals surface area (Å²) in [4.78, 5) is 11.8. The second-order valence-electron chi connectivity index (χ2n) is 4.52. The SMILES string of the molecule is Nc1nc(N)c2ncn([C@@H]3OC(CO)C(O)C3O)c2n1. The molecule has 0 radical (unpaired) electrons. The van der Waals surface area contributed by atoms with E-state index in [1.165, 1.54) is 10.9 Å². The van der Waals surface area contributed by atoms with E-state index in [-0.39, 0.29) is 17.4 Å². The molecule has 7 N–H and O–H groups in total. The van der Waals surface area contributed by atoms with Gasteiger partial charge in [0.05, 0.1) is 12.9 Å². The van der Waals surface area contributed by atoms with E-state index in [9.17, 15) is 10.2 Å². The van der Waals surface area contributed by atoms with E-state index in [0.29, 0.717) is 5.52 Å². The van der Waals surface area contributed by atoms with Crippen LogP contribution in [0.2, 0.25) is 0 Å². The molecule has 2 aromatic rings. The van der Waals surface area contributed by atoms with E-state index in [4.69, 9.17) is 21.3 Å². The van der Waals surface area contributed by atoms with Gasteiger partial charge in [-0.25, -0.2) is 4.98 Å². The average Bonchev–Trinajstić information content (AvgIpc) is 2.93. The Morgan fingerprint density at radius 2 is 2.00 bits per heavy atom. The summed E-state index contributed by atoms with van der Waals surface area (Å²) in [6.45, 7) is -0.416. The molecule has 3 unspecified atom stereocenters. The number of hydrogen-bond acceptors (Lipinski definition) is 9. The highest BCUT2D eigenvalue weighted by molar-refractivity contribution is 5.82. The molecule has 3 heterocycles. The third-order valence-electron chi connectivity index (χ3n) is 3.26. The van der Waals surface area contributed by atoms with Crippen molar-refractivity contribution in [3.63, 3.8) is 0 Å². The van der Waals surface area contributed by atoms with Gasteiger partial charge in [-0.1, -0.05) is 0 Å².